The molecular weight excluding hydrogens is 340 g/mol. The molecule has 8 heteroatoms. The number of H-pyrrole nitrogens is 1. The second-order valence-corrected chi connectivity index (χ2v) is 5.34. The zero-order valence-corrected chi connectivity index (χ0v) is 14.2. The van der Waals surface area contributed by atoms with Gasteiger partial charge in [-0.15, -0.1) is 5.10 Å². The molecule has 0 aliphatic rings. The van der Waals surface area contributed by atoms with Crippen molar-refractivity contribution in [3.8, 4) is 0 Å². The second kappa shape index (κ2) is 9.36. The number of nitrogens with zero attached hydrogens (tertiary/aromatic N) is 3. The highest BCUT2D eigenvalue weighted by molar-refractivity contribution is 5.89. The largest absolute Gasteiger partial charge is 0.293 e. The van der Waals surface area contributed by atoms with Gasteiger partial charge in [-0.1, -0.05) is 30.3 Å². The fourth-order valence-corrected chi connectivity index (χ4v) is 2.17. The van der Waals surface area contributed by atoms with E-state index in [4.69, 9.17) is 0 Å². The lowest BCUT2D eigenvalue weighted by Gasteiger charge is -2.04. The highest BCUT2D eigenvalue weighted by Gasteiger charge is 2.10. The number of anilines is 1. The molecule has 0 unspecified atom stereocenters. The topological polar surface area (TPSA) is 83.0 Å². The highest BCUT2D eigenvalue weighted by atomic mass is 19.3. The summed E-state index contributed by atoms with van der Waals surface area (Å²) >= 11 is 0. The van der Waals surface area contributed by atoms with E-state index in [9.17, 15) is 13.6 Å². The molecule has 2 rings (SSSR count). The maximum absolute atomic E-state index is 12.5. The molecule has 0 atom stereocenters. The Morgan fingerprint density at radius 1 is 1.38 bits per heavy atom. The standard InChI is InChI=1S/C18H19F2N5O/c1-3-13(10-11-21-2)17-23-18(25-24-17)22-15(26)9-6-12-4-7-14(8-5-12)16(19)20/h3-5,7-8,10-11,16H,2,6,9H2,1H3,(H2,22,23,24,25,26)/b11-10-,13-3+. The average molecular weight is 359 g/mol. The number of halogens is 2. The predicted octanol–water partition coefficient (Wildman–Crippen LogP) is 3.93. The van der Waals surface area contributed by atoms with Crippen LogP contribution in [0, 0.1) is 0 Å². The van der Waals surface area contributed by atoms with Crippen LogP contribution < -0.4 is 5.32 Å². The Morgan fingerprint density at radius 2 is 2.12 bits per heavy atom. The van der Waals surface area contributed by atoms with Crippen LogP contribution in [0.25, 0.3) is 5.57 Å². The lowest BCUT2D eigenvalue weighted by Crippen LogP contribution is -2.13. The summed E-state index contributed by atoms with van der Waals surface area (Å²) in [4.78, 5) is 19.8. The Balaban J connectivity index is 1.90. The normalized spacial score (nSPS) is 11.9. The molecule has 1 amide bonds. The number of amides is 1. The van der Waals surface area contributed by atoms with Crippen molar-refractivity contribution in [3.63, 3.8) is 0 Å². The van der Waals surface area contributed by atoms with Crippen molar-refractivity contribution >= 4 is 24.1 Å². The van der Waals surface area contributed by atoms with Gasteiger partial charge in [0.2, 0.25) is 11.9 Å². The predicted molar refractivity (Wildman–Crippen MR) is 97.1 cm³/mol. The van der Waals surface area contributed by atoms with Gasteiger partial charge in [0, 0.05) is 23.8 Å². The summed E-state index contributed by atoms with van der Waals surface area (Å²) < 4.78 is 25.0. The fraction of sp³-hybridized carbons (Fsp3) is 0.222. The van der Waals surface area contributed by atoms with Crippen molar-refractivity contribution in [2.75, 3.05) is 5.32 Å². The molecule has 0 saturated carbocycles. The minimum Gasteiger partial charge on any atom is -0.293 e. The van der Waals surface area contributed by atoms with Crippen molar-refractivity contribution < 1.29 is 13.6 Å². The number of hydrogen-bond donors (Lipinski definition) is 2. The van der Waals surface area contributed by atoms with Gasteiger partial charge >= 0.3 is 0 Å². The first-order valence-electron chi connectivity index (χ1n) is 7.91. The molecule has 0 fully saturated rings. The van der Waals surface area contributed by atoms with E-state index in [1.54, 1.807) is 18.2 Å². The van der Waals surface area contributed by atoms with Gasteiger partial charge < -0.3 is 0 Å². The molecule has 2 aromatic rings. The molecule has 0 aliphatic heterocycles. The fourth-order valence-electron chi connectivity index (χ4n) is 2.17. The van der Waals surface area contributed by atoms with E-state index in [2.05, 4.69) is 32.2 Å². The molecule has 6 nitrogen and oxygen atoms in total. The van der Waals surface area contributed by atoms with Gasteiger partial charge in [0.05, 0.1) is 0 Å². The number of aromatic amines is 1. The molecule has 1 aromatic heterocycles. The third kappa shape index (κ3) is 5.44. The number of nitrogens with one attached hydrogen (secondary N) is 2. The smallest absolute Gasteiger partial charge is 0.263 e. The Hall–Kier alpha value is -3.16. The lowest BCUT2D eigenvalue weighted by atomic mass is 10.1. The summed E-state index contributed by atoms with van der Waals surface area (Å²) in [6.07, 6.45) is 3.18. The van der Waals surface area contributed by atoms with Crippen LogP contribution in [0.3, 0.4) is 0 Å². The van der Waals surface area contributed by atoms with Gasteiger partial charge in [0.1, 0.15) is 0 Å². The minimum absolute atomic E-state index is 0.0352. The van der Waals surface area contributed by atoms with Gasteiger partial charge in [-0.3, -0.25) is 20.2 Å². The number of benzene rings is 1. The maximum atomic E-state index is 12.5. The van der Waals surface area contributed by atoms with Gasteiger partial charge in [-0.2, -0.15) is 4.98 Å². The van der Waals surface area contributed by atoms with Crippen molar-refractivity contribution in [1.82, 2.24) is 15.2 Å². The minimum atomic E-state index is -2.49. The number of allylic oxidation sites excluding steroid dienone is 3. The summed E-state index contributed by atoms with van der Waals surface area (Å²) in [7, 11) is 0. The number of alkyl halides is 2. The van der Waals surface area contributed by atoms with E-state index in [0.717, 1.165) is 11.1 Å². The van der Waals surface area contributed by atoms with Gasteiger partial charge in [0.25, 0.3) is 6.43 Å². The van der Waals surface area contributed by atoms with Crippen LogP contribution in [-0.2, 0) is 11.2 Å². The van der Waals surface area contributed by atoms with E-state index in [1.807, 2.05) is 13.0 Å². The molecule has 26 heavy (non-hydrogen) atoms. The quantitative estimate of drug-likeness (QED) is 0.553. The Kier molecular flexibility index (Phi) is 6.90. The molecule has 0 bridgehead atoms. The molecule has 2 N–H and O–H groups in total. The molecule has 0 spiro atoms. The van der Waals surface area contributed by atoms with Crippen LogP contribution in [0.5, 0.6) is 0 Å². The van der Waals surface area contributed by atoms with Crippen molar-refractivity contribution in [1.29, 1.82) is 0 Å². The molecule has 136 valence electrons. The first-order valence-corrected chi connectivity index (χ1v) is 7.91. The average Bonchev–Trinajstić information content (AvgIpc) is 3.09. The molecule has 0 aliphatic carbocycles. The van der Waals surface area contributed by atoms with Crippen LogP contribution in [0.4, 0.5) is 14.7 Å². The number of aliphatic imine (C=N–C) groups is 1. The van der Waals surface area contributed by atoms with Gasteiger partial charge in [-0.05, 0) is 31.7 Å². The SMILES string of the molecule is C=N/C=C\C(=C/C)c1nc(NC(=O)CCc2ccc(C(F)F)cc2)n[nH]1. The number of rotatable bonds is 8. The van der Waals surface area contributed by atoms with Crippen molar-refractivity contribution in [2.45, 2.75) is 26.2 Å². The van der Waals surface area contributed by atoms with Crippen LogP contribution in [0.1, 0.15) is 36.7 Å². The van der Waals surface area contributed by atoms with Crippen molar-refractivity contribution in [2.24, 2.45) is 4.99 Å². The molecular formula is C18H19F2N5O. The van der Waals surface area contributed by atoms with Crippen LogP contribution in [0.2, 0.25) is 0 Å². The number of aryl methyl sites for hydroxylation is 1. The van der Waals surface area contributed by atoms with Crippen LogP contribution in [-0.4, -0.2) is 27.8 Å². The Bertz CT molecular complexity index is 809. The monoisotopic (exact) mass is 359 g/mol. The zero-order chi connectivity index (χ0) is 18.9. The van der Waals surface area contributed by atoms with Crippen LogP contribution in [0.15, 0.2) is 47.6 Å². The number of carbonyl (C=O) groups excluding carboxylic acids is 1. The Labute approximate surface area is 149 Å². The first-order chi connectivity index (χ1) is 12.5. The maximum Gasteiger partial charge on any atom is 0.263 e. The van der Waals surface area contributed by atoms with Crippen molar-refractivity contribution in [3.05, 3.63) is 59.6 Å². The molecule has 1 heterocycles. The molecule has 0 saturated heterocycles. The summed E-state index contributed by atoms with van der Waals surface area (Å²) in [6.45, 7) is 5.20. The van der Waals surface area contributed by atoms with Gasteiger partial charge in [0.15, 0.2) is 5.82 Å². The van der Waals surface area contributed by atoms with E-state index in [0.29, 0.717) is 12.2 Å². The second-order valence-electron chi connectivity index (χ2n) is 5.34. The van der Waals surface area contributed by atoms with Crippen LogP contribution >= 0.6 is 0 Å². The lowest BCUT2D eigenvalue weighted by molar-refractivity contribution is -0.116. The summed E-state index contributed by atoms with van der Waals surface area (Å²) in [5.74, 6) is 0.390. The highest BCUT2D eigenvalue weighted by Crippen LogP contribution is 2.19. The molecule has 1 aromatic carbocycles. The van der Waals surface area contributed by atoms with E-state index >= 15 is 0 Å². The number of hydrogen-bond acceptors (Lipinski definition) is 4. The summed E-state index contributed by atoms with van der Waals surface area (Å²) in [5.41, 5.74) is 1.52. The zero-order valence-electron chi connectivity index (χ0n) is 14.2. The Morgan fingerprint density at radius 3 is 2.73 bits per heavy atom. The molecule has 0 radical (unpaired) electrons. The third-order valence-corrected chi connectivity index (χ3v) is 3.55. The number of carbonyl (C=O) groups is 1. The third-order valence-electron chi connectivity index (χ3n) is 3.55. The number of aromatic nitrogens is 3. The van der Waals surface area contributed by atoms with E-state index < -0.39 is 6.43 Å². The van der Waals surface area contributed by atoms with E-state index in [-0.39, 0.29) is 23.8 Å². The summed E-state index contributed by atoms with van der Waals surface area (Å²) in [6, 6.07) is 5.92. The van der Waals surface area contributed by atoms with Gasteiger partial charge in [-0.25, -0.2) is 8.78 Å². The summed E-state index contributed by atoms with van der Waals surface area (Å²) in [5, 5.41) is 9.28. The van der Waals surface area contributed by atoms with E-state index in [1.165, 1.54) is 18.3 Å². The first kappa shape index (κ1) is 19.2.